The fraction of sp³-hybridized carbons (Fsp3) is 1.00. The lowest BCUT2D eigenvalue weighted by atomic mass is 9.78. The van der Waals surface area contributed by atoms with Gasteiger partial charge in [0.2, 0.25) is 0 Å². The van der Waals surface area contributed by atoms with Crippen LogP contribution in [0.5, 0.6) is 0 Å². The molecule has 0 aromatic rings. The zero-order chi connectivity index (χ0) is 13.3. The van der Waals surface area contributed by atoms with Gasteiger partial charge in [0.25, 0.3) is 0 Å². The zero-order valence-electron chi connectivity index (χ0n) is 13.0. The predicted molar refractivity (Wildman–Crippen MR) is 81.4 cm³/mol. The van der Waals surface area contributed by atoms with Crippen molar-refractivity contribution in [3.05, 3.63) is 0 Å². The number of rotatable bonds is 4. The summed E-state index contributed by atoms with van der Waals surface area (Å²) in [6.45, 7) is 7.40. The maximum Gasteiger partial charge on any atom is 0.0309 e. The Morgan fingerprint density at radius 3 is 2.58 bits per heavy atom. The van der Waals surface area contributed by atoms with Crippen molar-refractivity contribution < 1.29 is 0 Å². The first-order chi connectivity index (χ1) is 9.24. The molecule has 0 radical (unpaired) electrons. The van der Waals surface area contributed by atoms with Gasteiger partial charge in [0.15, 0.2) is 0 Å². The van der Waals surface area contributed by atoms with Gasteiger partial charge in [-0.05, 0) is 44.9 Å². The maximum atomic E-state index is 3.99. The van der Waals surface area contributed by atoms with Crippen molar-refractivity contribution in [3.63, 3.8) is 0 Å². The molecule has 3 fully saturated rings. The van der Waals surface area contributed by atoms with Gasteiger partial charge in [-0.3, -0.25) is 4.90 Å². The first kappa shape index (κ1) is 13.9. The minimum Gasteiger partial charge on any atom is -0.308 e. The Hall–Kier alpha value is -0.0800. The van der Waals surface area contributed by atoms with Gasteiger partial charge >= 0.3 is 0 Å². The largest absolute Gasteiger partial charge is 0.308 e. The zero-order valence-corrected chi connectivity index (χ0v) is 13.0. The van der Waals surface area contributed by atoms with Crippen LogP contribution in [-0.2, 0) is 0 Å². The average Bonchev–Trinajstić information content (AvgIpc) is 3.24. The van der Waals surface area contributed by atoms with E-state index in [1.807, 2.05) is 0 Å². The molecule has 1 aliphatic heterocycles. The topological polar surface area (TPSA) is 15.3 Å². The Morgan fingerprint density at radius 1 is 1.21 bits per heavy atom. The highest BCUT2D eigenvalue weighted by atomic mass is 15.3. The van der Waals surface area contributed by atoms with E-state index in [2.05, 4.69) is 24.1 Å². The quantitative estimate of drug-likeness (QED) is 0.835. The first-order valence-electron chi connectivity index (χ1n) is 8.75. The van der Waals surface area contributed by atoms with Gasteiger partial charge in [-0.2, -0.15) is 0 Å². The van der Waals surface area contributed by atoms with Crippen LogP contribution in [0.4, 0.5) is 0 Å². The summed E-state index contributed by atoms with van der Waals surface area (Å²) in [6, 6.07) is 1.63. The number of nitrogens with one attached hydrogen (secondary N) is 1. The summed E-state index contributed by atoms with van der Waals surface area (Å²) < 4.78 is 0. The number of hydrogen-bond donors (Lipinski definition) is 1. The minimum atomic E-state index is 0.478. The van der Waals surface area contributed by atoms with E-state index in [1.165, 1.54) is 70.9 Å². The SMILES string of the molecule is CCCC(C)N1CC2(CCCCC2)NCC1C1CC1. The van der Waals surface area contributed by atoms with E-state index in [-0.39, 0.29) is 0 Å². The molecule has 1 heterocycles. The smallest absolute Gasteiger partial charge is 0.0309 e. The lowest BCUT2D eigenvalue weighted by Gasteiger charge is -2.52. The van der Waals surface area contributed by atoms with Crippen molar-refractivity contribution in [1.29, 1.82) is 0 Å². The van der Waals surface area contributed by atoms with Gasteiger partial charge in [0.1, 0.15) is 0 Å². The van der Waals surface area contributed by atoms with Crippen molar-refractivity contribution in [2.24, 2.45) is 5.92 Å². The van der Waals surface area contributed by atoms with Crippen LogP contribution >= 0.6 is 0 Å². The molecule has 2 saturated carbocycles. The molecule has 2 unspecified atom stereocenters. The van der Waals surface area contributed by atoms with Crippen molar-refractivity contribution in [2.75, 3.05) is 13.1 Å². The van der Waals surface area contributed by atoms with Crippen LogP contribution in [-0.4, -0.2) is 35.6 Å². The van der Waals surface area contributed by atoms with Crippen LogP contribution in [0.25, 0.3) is 0 Å². The second-order valence-corrected chi connectivity index (χ2v) is 7.44. The Kier molecular flexibility index (Phi) is 4.19. The van der Waals surface area contributed by atoms with Gasteiger partial charge in [-0.25, -0.2) is 0 Å². The summed E-state index contributed by atoms with van der Waals surface area (Å²) in [5.74, 6) is 1.01. The highest BCUT2D eigenvalue weighted by Gasteiger charge is 2.45. The van der Waals surface area contributed by atoms with E-state index in [0.717, 1.165) is 18.0 Å². The molecule has 2 nitrogen and oxygen atoms in total. The molecule has 2 heteroatoms. The van der Waals surface area contributed by atoms with Crippen molar-refractivity contribution in [1.82, 2.24) is 10.2 Å². The molecular weight excluding hydrogens is 232 g/mol. The van der Waals surface area contributed by atoms with E-state index < -0.39 is 0 Å². The predicted octanol–water partition coefficient (Wildman–Crippen LogP) is 3.56. The minimum absolute atomic E-state index is 0.478. The number of piperazine rings is 1. The van der Waals surface area contributed by atoms with Crippen LogP contribution in [0.3, 0.4) is 0 Å². The Bertz CT molecular complexity index is 292. The molecule has 110 valence electrons. The number of nitrogens with zero attached hydrogens (tertiary/aromatic N) is 1. The van der Waals surface area contributed by atoms with Gasteiger partial charge < -0.3 is 5.32 Å². The van der Waals surface area contributed by atoms with Crippen molar-refractivity contribution in [2.45, 2.75) is 89.3 Å². The van der Waals surface area contributed by atoms with Crippen LogP contribution in [0, 0.1) is 5.92 Å². The molecule has 1 saturated heterocycles. The third kappa shape index (κ3) is 3.00. The summed E-state index contributed by atoms with van der Waals surface area (Å²) in [4.78, 5) is 2.91. The fourth-order valence-electron chi connectivity index (χ4n) is 4.51. The Morgan fingerprint density at radius 2 is 1.95 bits per heavy atom. The second-order valence-electron chi connectivity index (χ2n) is 7.44. The summed E-state index contributed by atoms with van der Waals surface area (Å²) in [5, 5.41) is 3.99. The normalized spacial score (nSPS) is 33.5. The number of hydrogen-bond acceptors (Lipinski definition) is 2. The molecule has 19 heavy (non-hydrogen) atoms. The lowest BCUT2D eigenvalue weighted by Crippen LogP contribution is -2.66. The Balaban J connectivity index is 1.70. The standard InChI is InChI=1S/C17H32N2/c1-3-7-14(2)19-13-17(10-5-4-6-11-17)18-12-16(19)15-8-9-15/h14-16,18H,3-13H2,1-2H3. The molecular formula is C17H32N2. The van der Waals surface area contributed by atoms with Crippen LogP contribution < -0.4 is 5.32 Å². The average molecular weight is 264 g/mol. The molecule has 0 amide bonds. The van der Waals surface area contributed by atoms with Gasteiger partial charge in [-0.15, -0.1) is 0 Å². The van der Waals surface area contributed by atoms with E-state index in [1.54, 1.807) is 0 Å². The van der Waals surface area contributed by atoms with E-state index >= 15 is 0 Å². The Labute approximate surface area is 119 Å². The van der Waals surface area contributed by atoms with Gasteiger partial charge in [-0.1, -0.05) is 32.6 Å². The summed E-state index contributed by atoms with van der Waals surface area (Å²) in [5.41, 5.74) is 0.478. The van der Waals surface area contributed by atoms with Gasteiger partial charge in [0, 0.05) is 30.7 Å². The van der Waals surface area contributed by atoms with E-state index in [4.69, 9.17) is 0 Å². The highest BCUT2D eigenvalue weighted by Crippen LogP contribution is 2.41. The van der Waals surface area contributed by atoms with Crippen molar-refractivity contribution >= 4 is 0 Å². The summed E-state index contributed by atoms with van der Waals surface area (Å²) in [7, 11) is 0. The molecule has 3 rings (SSSR count). The molecule has 0 bridgehead atoms. The second kappa shape index (κ2) is 5.73. The molecule has 3 aliphatic rings. The van der Waals surface area contributed by atoms with E-state index in [0.29, 0.717) is 5.54 Å². The summed E-state index contributed by atoms with van der Waals surface area (Å²) in [6.07, 6.45) is 12.8. The molecule has 1 N–H and O–H groups in total. The van der Waals surface area contributed by atoms with Crippen LogP contribution in [0.15, 0.2) is 0 Å². The molecule has 0 aromatic carbocycles. The maximum absolute atomic E-state index is 3.99. The van der Waals surface area contributed by atoms with Crippen LogP contribution in [0.2, 0.25) is 0 Å². The third-order valence-electron chi connectivity index (χ3n) is 5.85. The highest BCUT2D eigenvalue weighted by molar-refractivity contribution is 5.04. The van der Waals surface area contributed by atoms with Crippen molar-refractivity contribution in [3.8, 4) is 0 Å². The lowest BCUT2D eigenvalue weighted by molar-refractivity contribution is 0.0177. The molecule has 0 aromatic heterocycles. The molecule has 1 spiro atoms. The van der Waals surface area contributed by atoms with Gasteiger partial charge in [0.05, 0.1) is 0 Å². The summed E-state index contributed by atoms with van der Waals surface area (Å²) >= 11 is 0. The molecule has 2 atom stereocenters. The first-order valence-corrected chi connectivity index (χ1v) is 8.75. The fourth-order valence-corrected chi connectivity index (χ4v) is 4.51. The monoisotopic (exact) mass is 264 g/mol. The van der Waals surface area contributed by atoms with E-state index in [9.17, 15) is 0 Å². The third-order valence-corrected chi connectivity index (χ3v) is 5.85. The van der Waals surface area contributed by atoms with Crippen LogP contribution in [0.1, 0.15) is 71.6 Å². The molecule has 2 aliphatic carbocycles.